The van der Waals surface area contributed by atoms with Crippen molar-refractivity contribution in [2.75, 3.05) is 0 Å². The molecule has 1 aromatic heterocycles. The van der Waals surface area contributed by atoms with Gasteiger partial charge < -0.3 is 4.42 Å². The van der Waals surface area contributed by atoms with Crippen LogP contribution < -0.4 is 5.43 Å². The summed E-state index contributed by atoms with van der Waals surface area (Å²) < 4.78 is 6.68. The smallest absolute Gasteiger partial charge is 0.240 e. The first-order valence-corrected chi connectivity index (χ1v) is 7.66. The number of furan rings is 1. The molecule has 0 radical (unpaired) electrons. The highest BCUT2D eigenvalue weighted by molar-refractivity contribution is 9.10. The molecule has 1 N–H and O–H groups in total. The van der Waals surface area contributed by atoms with Crippen LogP contribution in [-0.2, 0) is 4.79 Å². The molecule has 5 heteroatoms. The molecular formula is C16H17BrN2O2. The third kappa shape index (κ3) is 4.86. The van der Waals surface area contributed by atoms with Crippen molar-refractivity contribution in [3.8, 4) is 11.3 Å². The number of unbranched alkanes of at least 4 members (excludes halogenated alkanes) is 1. The van der Waals surface area contributed by atoms with Crippen molar-refractivity contribution in [2.24, 2.45) is 5.10 Å². The minimum Gasteiger partial charge on any atom is -0.455 e. The van der Waals surface area contributed by atoms with Gasteiger partial charge in [0.25, 0.3) is 0 Å². The van der Waals surface area contributed by atoms with Gasteiger partial charge in [0.15, 0.2) is 0 Å². The Labute approximate surface area is 132 Å². The van der Waals surface area contributed by atoms with E-state index in [2.05, 4.69) is 26.5 Å². The van der Waals surface area contributed by atoms with Gasteiger partial charge in [0.1, 0.15) is 11.5 Å². The normalized spacial score (nSPS) is 11.0. The summed E-state index contributed by atoms with van der Waals surface area (Å²) in [5.74, 6) is 1.29. The largest absolute Gasteiger partial charge is 0.455 e. The molecule has 0 aliphatic carbocycles. The highest BCUT2D eigenvalue weighted by Gasteiger charge is 2.03. The van der Waals surface area contributed by atoms with E-state index >= 15 is 0 Å². The molecule has 21 heavy (non-hydrogen) atoms. The van der Waals surface area contributed by atoms with E-state index in [1.54, 1.807) is 0 Å². The average Bonchev–Trinajstić information content (AvgIpc) is 2.95. The van der Waals surface area contributed by atoms with Crippen molar-refractivity contribution in [3.05, 3.63) is 46.6 Å². The van der Waals surface area contributed by atoms with Gasteiger partial charge in [-0.3, -0.25) is 4.79 Å². The van der Waals surface area contributed by atoms with E-state index in [0.717, 1.165) is 28.6 Å². The molecule has 0 spiro atoms. The van der Waals surface area contributed by atoms with Crippen LogP contribution in [0.25, 0.3) is 11.3 Å². The minimum absolute atomic E-state index is 0.0761. The van der Waals surface area contributed by atoms with Crippen LogP contribution >= 0.6 is 15.9 Å². The topological polar surface area (TPSA) is 54.6 Å². The van der Waals surface area contributed by atoms with Crippen molar-refractivity contribution in [2.45, 2.75) is 26.2 Å². The molecule has 0 bridgehead atoms. The standard InChI is InChI=1S/C16H17BrN2O2/c1-2-3-4-16(20)19-18-11-14-9-10-15(21-14)12-5-7-13(17)8-6-12/h5-11H,2-4H2,1H3,(H,19,20). The molecule has 4 nitrogen and oxygen atoms in total. The van der Waals surface area contributed by atoms with E-state index in [0.29, 0.717) is 12.2 Å². The van der Waals surface area contributed by atoms with Gasteiger partial charge in [-0.15, -0.1) is 0 Å². The first-order valence-electron chi connectivity index (χ1n) is 6.86. The number of benzene rings is 1. The Kier molecular flexibility index (Phi) is 5.75. The second-order valence-electron chi connectivity index (χ2n) is 4.61. The van der Waals surface area contributed by atoms with Crippen molar-refractivity contribution >= 4 is 28.1 Å². The quantitative estimate of drug-likeness (QED) is 0.623. The maximum Gasteiger partial charge on any atom is 0.240 e. The highest BCUT2D eigenvalue weighted by atomic mass is 79.9. The lowest BCUT2D eigenvalue weighted by Crippen LogP contribution is -2.16. The van der Waals surface area contributed by atoms with E-state index in [4.69, 9.17) is 4.42 Å². The monoisotopic (exact) mass is 348 g/mol. The molecule has 0 unspecified atom stereocenters. The Balaban J connectivity index is 1.94. The molecule has 1 aromatic carbocycles. The zero-order valence-electron chi connectivity index (χ0n) is 11.8. The number of hydrogen-bond donors (Lipinski definition) is 1. The lowest BCUT2D eigenvalue weighted by atomic mass is 10.2. The van der Waals surface area contributed by atoms with Crippen LogP contribution in [0.4, 0.5) is 0 Å². The minimum atomic E-state index is -0.0761. The van der Waals surface area contributed by atoms with Crippen LogP contribution in [0, 0.1) is 0 Å². The average molecular weight is 349 g/mol. The number of carbonyl (C=O) groups excluding carboxylic acids is 1. The molecule has 2 rings (SSSR count). The first kappa shape index (κ1) is 15.5. The Hall–Kier alpha value is -1.88. The van der Waals surface area contributed by atoms with Gasteiger partial charge in [0.05, 0.1) is 6.21 Å². The Morgan fingerprint density at radius 1 is 1.29 bits per heavy atom. The summed E-state index contributed by atoms with van der Waals surface area (Å²) in [6.45, 7) is 2.04. The van der Waals surface area contributed by atoms with Crippen molar-refractivity contribution in [1.82, 2.24) is 5.43 Å². The fourth-order valence-electron chi connectivity index (χ4n) is 1.75. The predicted molar refractivity (Wildman–Crippen MR) is 87.1 cm³/mol. The van der Waals surface area contributed by atoms with E-state index in [-0.39, 0.29) is 5.91 Å². The van der Waals surface area contributed by atoms with Gasteiger partial charge in [-0.2, -0.15) is 5.10 Å². The third-order valence-corrected chi connectivity index (χ3v) is 3.42. The molecule has 0 saturated heterocycles. The first-order chi connectivity index (χ1) is 10.2. The van der Waals surface area contributed by atoms with Crippen LogP contribution in [0.2, 0.25) is 0 Å². The van der Waals surface area contributed by atoms with E-state index in [9.17, 15) is 4.79 Å². The number of nitrogens with zero attached hydrogens (tertiary/aromatic N) is 1. The Bertz CT molecular complexity index is 617. The van der Waals surface area contributed by atoms with Crippen molar-refractivity contribution < 1.29 is 9.21 Å². The molecule has 0 aliphatic rings. The summed E-state index contributed by atoms with van der Waals surface area (Å²) in [5, 5.41) is 3.89. The molecule has 110 valence electrons. The number of nitrogens with one attached hydrogen (secondary N) is 1. The summed E-state index contributed by atoms with van der Waals surface area (Å²) in [6, 6.07) is 11.6. The zero-order valence-corrected chi connectivity index (χ0v) is 13.4. The summed E-state index contributed by atoms with van der Waals surface area (Å²) >= 11 is 3.40. The number of rotatable bonds is 6. The van der Waals surface area contributed by atoms with E-state index in [1.807, 2.05) is 43.3 Å². The summed E-state index contributed by atoms with van der Waals surface area (Å²) in [5.41, 5.74) is 3.48. The fourth-order valence-corrected chi connectivity index (χ4v) is 2.02. The molecule has 0 saturated carbocycles. The molecule has 1 heterocycles. The summed E-state index contributed by atoms with van der Waals surface area (Å²) in [7, 11) is 0. The maximum absolute atomic E-state index is 11.4. The number of carbonyl (C=O) groups is 1. The van der Waals surface area contributed by atoms with Crippen LogP contribution in [-0.4, -0.2) is 12.1 Å². The van der Waals surface area contributed by atoms with Gasteiger partial charge >= 0.3 is 0 Å². The maximum atomic E-state index is 11.4. The van der Waals surface area contributed by atoms with Crippen LogP contribution in [0.15, 0.2) is 50.4 Å². The molecular weight excluding hydrogens is 332 g/mol. The highest BCUT2D eigenvalue weighted by Crippen LogP contribution is 2.23. The fraction of sp³-hybridized carbons (Fsp3) is 0.250. The second kappa shape index (κ2) is 7.78. The van der Waals surface area contributed by atoms with Gasteiger partial charge in [0, 0.05) is 16.5 Å². The lowest BCUT2D eigenvalue weighted by Gasteiger charge is -1.97. The molecule has 0 atom stereocenters. The summed E-state index contributed by atoms with van der Waals surface area (Å²) in [6.07, 6.45) is 3.87. The van der Waals surface area contributed by atoms with E-state index in [1.165, 1.54) is 6.21 Å². The van der Waals surface area contributed by atoms with Gasteiger partial charge in [0.2, 0.25) is 5.91 Å². The third-order valence-electron chi connectivity index (χ3n) is 2.89. The molecule has 0 fully saturated rings. The van der Waals surface area contributed by atoms with Crippen LogP contribution in [0.3, 0.4) is 0 Å². The van der Waals surface area contributed by atoms with Crippen molar-refractivity contribution in [1.29, 1.82) is 0 Å². The number of hydrogen-bond acceptors (Lipinski definition) is 3. The van der Waals surface area contributed by atoms with Crippen molar-refractivity contribution in [3.63, 3.8) is 0 Å². The molecule has 2 aromatic rings. The number of hydrazone groups is 1. The van der Waals surface area contributed by atoms with E-state index < -0.39 is 0 Å². The Morgan fingerprint density at radius 3 is 2.76 bits per heavy atom. The zero-order chi connectivity index (χ0) is 15.1. The Morgan fingerprint density at radius 2 is 2.05 bits per heavy atom. The van der Waals surface area contributed by atoms with Crippen LogP contribution in [0.1, 0.15) is 31.9 Å². The lowest BCUT2D eigenvalue weighted by molar-refractivity contribution is -0.121. The SMILES string of the molecule is CCCCC(=O)NN=Cc1ccc(-c2ccc(Br)cc2)o1. The molecule has 1 amide bonds. The predicted octanol–water partition coefficient (Wildman–Crippen LogP) is 4.35. The van der Waals surface area contributed by atoms with Crippen LogP contribution in [0.5, 0.6) is 0 Å². The molecule has 0 aliphatic heterocycles. The van der Waals surface area contributed by atoms with Gasteiger partial charge in [-0.1, -0.05) is 41.4 Å². The summed E-state index contributed by atoms with van der Waals surface area (Å²) in [4.78, 5) is 11.4. The van der Waals surface area contributed by atoms with Gasteiger partial charge in [-0.05, 0) is 30.7 Å². The number of halogens is 1. The second-order valence-corrected chi connectivity index (χ2v) is 5.52. The van der Waals surface area contributed by atoms with Gasteiger partial charge in [-0.25, -0.2) is 5.43 Å². The number of amides is 1.